The number of nitrogens with one attached hydrogen (secondary N) is 1. The van der Waals surface area contributed by atoms with Crippen LogP contribution in [0.4, 0.5) is 5.69 Å². The summed E-state index contributed by atoms with van der Waals surface area (Å²) in [4.78, 5) is 16.2. The lowest BCUT2D eigenvalue weighted by Gasteiger charge is -2.12. The molecule has 6 nitrogen and oxygen atoms in total. The van der Waals surface area contributed by atoms with Gasteiger partial charge in [0.2, 0.25) is 5.88 Å². The van der Waals surface area contributed by atoms with Gasteiger partial charge in [0.15, 0.2) is 0 Å². The molecule has 2 rings (SSSR count). The van der Waals surface area contributed by atoms with E-state index in [0.29, 0.717) is 16.5 Å². The van der Waals surface area contributed by atoms with Gasteiger partial charge in [0, 0.05) is 6.20 Å². The fraction of sp³-hybridized carbons (Fsp3) is 0.250. The molecule has 0 aliphatic carbocycles. The average molecular weight is 369 g/mol. The molecule has 128 valence electrons. The zero-order valence-electron chi connectivity index (χ0n) is 13.5. The SMILES string of the molecule is CCc1cnc(OC)c(NS(=O)c2ccc(Cl)c(C(=O)OC)c2)c1. The number of benzene rings is 1. The third kappa shape index (κ3) is 4.04. The molecule has 0 aliphatic heterocycles. The number of rotatable bonds is 6. The molecular formula is C16H17ClN2O4S. The molecule has 8 heteroatoms. The number of aryl methyl sites for hydroxylation is 1. The number of nitrogens with zero attached hydrogens (tertiary/aromatic N) is 1. The minimum atomic E-state index is -1.63. The zero-order chi connectivity index (χ0) is 17.7. The van der Waals surface area contributed by atoms with Crippen LogP contribution in [0.5, 0.6) is 5.88 Å². The van der Waals surface area contributed by atoms with Gasteiger partial charge in [0.25, 0.3) is 0 Å². The Kier molecular flexibility index (Phi) is 6.16. The van der Waals surface area contributed by atoms with Crippen molar-refractivity contribution < 1.29 is 18.5 Å². The molecule has 1 heterocycles. The molecule has 0 bridgehead atoms. The van der Waals surface area contributed by atoms with E-state index in [2.05, 4.69) is 14.4 Å². The predicted molar refractivity (Wildman–Crippen MR) is 93.0 cm³/mol. The van der Waals surface area contributed by atoms with Crippen molar-refractivity contribution in [3.8, 4) is 5.88 Å². The molecule has 0 aliphatic rings. The number of carbonyl (C=O) groups excluding carboxylic acids is 1. The number of halogens is 1. The molecule has 0 saturated carbocycles. The molecule has 0 spiro atoms. The minimum Gasteiger partial charge on any atom is -0.480 e. The first-order valence-electron chi connectivity index (χ1n) is 7.09. The Morgan fingerprint density at radius 2 is 2.08 bits per heavy atom. The van der Waals surface area contributed by atoms with E-state index in [1.54, 1.807) is 12.3 Å². The van der Waals surface area contributed by atoms with Crippen LogP contribution >= 0.6 is 11.6 Å². The van der Waals surface area contributed by atoms with Crippen LogP contribution in [-0.4, -0.2) is 29.4 Å². The molecule has 1 atom stereocenters. The van der Waals surface area contributed by atoms with Crippen LogP contribution in [0.3, 0.4) is 0 Å². The highest BCUT2D eigenvalue weighted by molar-refractivity contribution is 7.86. The molecule has 1 aromatic carbocycles. The van der Waals surface area contributed by atoms with Crippen molar-refractivity contribution in [2.75, 3.05) is 18.9 Å². The number of pyridine rings is 1. The maximum absolute atomic E-state index is 12.6. The normalized spacial score (nSPS) is 11.7. The second kappa shape index (κ2) is 8.12. The number of hydrogen-bond donors (Lipinski definition) is 1. The van der Waals surface area contributed by atoms with Gasteiger partial charge in [-0.25, -0.2) is 14.0 Å². The van der Waals surface area contributed by atoms with Gasteiger partial charge in [-0.3, -0.25) is 4.72 Å². The molecule has 0 amide bonds. The van der Waals surface area contributed by atoms with E-state index in [1.807, 2.05) is 13.0 Å². The molecule has 2 aromatic rings. The number of hydrogen-bond acceptors (Lipinski definition) is 5. The summed E-state index contributed by atoms with van der Waals surface area (Å²) in [6.07, 6.45) is 2.48. The summed E-state index contributed by atoms with van der Waals surface area (Å²) < 4.78 is 25.3. The first kappa shape index (κ1) is 18.2. The Labute approximate surface area is 147 Å². The molecule has 0 saturated heterocycles. The van der Waals surface area contributed by atoms with E-state index in [4.69, 9.17) is 16.3 Å². The Bertz CT molecular complexity index is 783. The van der Waals surface area contributed by atoms with E-state index in [0.717, 1.165) is 12.0 Å². The number of methoxy groups -OCH3 is 2. The van der Waals surface area contributed by atoms with Crippen LogP contribution in [0, 0.1) is 0 Å². The van der Waals surface area contributed by atoms with E-state index in [1.165, 1.54) is 26.4 Å². The third-order valence-corrected chi connectivity index (χ3v) is 4.69. The number of carbonyl (C=O) groups is 1. The fourth-order valence-electron chi connectivity index (χ4n) is 1.97. The lowest BCUT2D eigenvalue weighted by Crippen LogP contribution is -2.09. The standard InChI is InChI=1S/C16H17ClN2O4S/c1-4-10-7-14(15(22-2)18-9-10)19-24(21)11-5-6-13(17)12(8-11)16(20)23-3/h5-9,19H,4H2,1-3H3. The number of aromatic nitrogens is 1. The zero-order valence-corrected chi connectivity index (χ0v) is 15.0. The van der Waals surface area contributed by atoms with Crippen molar-refractivity contribution in [3.63, 3.8) is 0 Å². The Morgan fingerprint density at radius 1 is 1.33 bits per heavy atom. The quantitative estimate of drug-likeness (QED) is 0.792. The molecule has 24 heavy (non-hydrogen) atoms. The second-order valence-corrected chi connectivity index (χ2v) is 6.38. The summed E-state index contributed by atoms with van der Waals surface area (Å²) in [5, 5.41) is 0.231. The average Bonchev–Trinajstić information content (AvgIpc) is 2.61. The lowest BCUT2D eigenvalue weighted by molar-refractivity contribution is 0.0600. The summed E-state index contributed by atoms with van der Waals surface area (Å²) in [6.45, 7) is 1.99. The largest absolute Gasteiger partial charge is 0.480 e. The van der Waals surface area contributed by atoms with Crippen LogP contribution < -0.4 is 9.46 Å². The molecule has 0 fully saturated rings. The summed E-state index contributed by atoms with van der Waals surface area (Å²) in [7, 11) is 1.11. The van der Waals surface area contributed by atoms with Crippen molar-refractivity contribution in [2.45, 2.75) is 18.2 Å². The van der Waals surface area contributed by atoms with Crippen molar-refractivity contribution in [1.82, 2.24) is 4.98 Å². The van der Waals surface area contributed by atoms with Crippen LogP contribution in [0.2, 0.25) is 5.02 Å². The highest BCUT2D eigenvalue weighted by Gasteiger charge is 2.15. The van der Waals surface area contributed by atoms with Gasteiger partial charge in [0.05, 0.1) is 29.7 Å². The summed E-state index contributed by atoms with van der Waals surface area (Å²) in [5.41, 5.74) is 1.63. The minimum absolute atomic E-state index is 0.152. The molecule has 0 radical (unpaired) electrons. The van der Waals surface area contributed by atoms with Crippen molar-refractivity contribution in [1.29, 1.82) is 0 Å². The monoisotopic (exact) mass is 368 g/mol. The number of esters is 1. The Morgan fingerprint density at radius 3 is 2.71 bits per heavy atom. The van der Waals surface area contributed by atoms with Gasteiger partial charge >= 0.3 is 5.97 Å². The van der Waals surface area contributed by atoms with E-state index in [-0.39, 0.29) is 10.6 Å². The van der Waals surface area contributed by atoms with Crippen LogP contribution in [-0.2, 0) is 22.1 Å². The molecular weight excluding hydrogens is 352 g/mol. The molecule has 1 N–H and O–H groups in total. The van der Waals surface area contributed by atoms with Crippen LogP contribution in [0.25, 0.3) is 0 Å². The van der Waals surface area contributed by atoms with Gasteiger partial charge in [-0.15, -0.1) is 0 Å². The van der Waals surface area contributed by atoms with Crippen LogP contribution in [0.1, 0.15) is 22.8 Å². The van der Waals surface area contributed by atoms with Crippen molar-refractivity contribution in [2.24, 2.45) is 0 Å². The Balaban J connectivity index is 2.32. The van der Waals surface area contributed by atoms with Crippen molar-refractivity contribution >= 4 is 34.2 Å². The number of anilines is 1. The maximum atomic E-state index is 12.6. The van der Waals surface area contributed by atoms with E-state index in [9.17, 15) is 9.00 Å². The Hall–Kier alpha value is -2.12. The van der Waals surface area contributed by atoms with Gasteiger partial charge in [-0.2, -0.15) is 0 Å². The third-order valence-electron chi connectivity index (χ3n) is 3.27. The second-order valence-electron chi connectivity index (χ2n) is 4.76. The van der Waals surface area contributed by atoms with Gasteiger partial charge in [0.1, 0.15) is 16.7 Å². The topological polar surface area (TPSA) is 77.5 Å². The summed E-state index contributed by atoms with van der Waals surface area (Å²) in [5.74, 6) is -0.256. The number of ether oxygens (including phenoxy) is 2. The highest BCUT2D eigenvalue weighted by atomic mass is 35.5. The fourth-order valence-corrected chi connectivity index (χ4v) is 3.04. The predicted octanol–water partition coefficient (Wildman–Crippen LogP) is 3.23. The molecule has 1 unspecified atom stereocenters. The van der Waals surface area contributed by atoms with E-state index < -0.39 is 17.0 Å². The summed E-state index contributed by atoms with van der Waals surface area (Å²) >= 11 is 5.97. The van der Waals surface area contributed by atoms with E-state index >= 15 is 0 Å². The lowest BCUT2D eigenvalue weighted by atomic mass is 10.2. The van der Waals surface area contributed by atoms with Gasteiger partial charge in [-0.05, 0) is 36.2 Å². The first-order valence-corrected chi connectivity index (χ1v) is 8.62. The highest BCUT2D eigenvalue weighted by Crippen LogP contribution is 2.26. The first-order chi connectivity index (χ1) is 11.5. The van der Waals surface area contributed by atoms with Gasteiger partial charge in [-0.1, -0.05) is 18.5 Å². The van der Waals surface area contributed by atoms with Crippen LogP contribution in [0.15, 0.2) is 35.4 Å². The maximum Gasteiger partial charge on any atom is 0.339 e. The smallest absolute Gasteiger partial charge is 0.339 e. The van der Waals surface area contributed by atoms with Crippen molar-refractivity contribution in [3.05, 3.63) is 46.6 Å². The van der Waals surface area contributed by atoms with Gasteiger partial charge < -0.3 is 9.47 Å². The molecule has 1 aromatic heterocycles. The summed E-state index contributed by atoms with van der Waals surface area (Å²) in [6, 6.07) is 6.32.